The molecule has 28 heavy (non-hydrogen) atoms. The van der Waals surface area contributed by atoms with Crippen molar-refractivity contribution in [2.24, 2.45) is 5.92 Å². The van der Waals surface area contributed by atoms with Gasteiger partial charge < -0.3 is 16.0 Å². The zero-order chi connectivity index (χ0) is 20.4. The third kappa shape index (κ3) is 3.65. The van der Waals surface area contributed by atoms with Gasteiger partial charge in [0.15, 0.2) is 0 Å². The SMILES string of the molecule is C=C1NC(=O)N[C@H](c2c(F)cccc2F)[C@H]1C(=O)Nc1cccc([N+](=O)[O-])c1. The second-order valence-corrected chi connectivity index (χ2v) is 6.01. The van der Waals surface area contributed by atoms with Crippen LogP contribution >= 0.6 is 0 Å². The molecular formula is C18H14F2N4O4. The van der Waals surface area contributed by atoms with Crippen LogP contribution in [0.15, 0.2) is 54.7 Å². The molecule has 1 heterocycles. The summed E-state index contributed by atoms with van der Waals surface area (Å²) in [5, 5.41) is 18.0. The van der Waals surface area contributed by atoms with Crippen molar-refractivity contribution in [2.45, 2.75) is 6.04 Å². The number of nitrogens with zero attached hydrogens (tertiary/aromatic N) is 1. The van der Waals surface area contributed by atoms with E-state index in [2.05, 4.69) is 22.5 Å². The Labute approximate surface area is 157 Å². The van der Waals surface area contributed by atoms with E-state index >= 15 is 0 Å². The highest BCUT2D eigenvalue weighted by atomic mass is 19.1. The summed E-state index contributed by atoms with van der Waals surface area (Å²) in [7, 11) is 0. The first kappa shape index (κ1) is 19.0. The predicted molar refractivity (Wildman–Crippen MR) is 95.1 cm³/mol. The van der Waals surface area contributed by atoms with Crippen LogP contribution in [-0.4, -0.2) is 16.9 Å². The normalized spacial score (nSPS) is 18.8. The first-order chi connectivity index (χ1) is 13.3. The van der Waals surface area contributed by atoms with Gasteiger partial charge in [0.1, 0.15) is 17.6 Å². The van der Waals surface area contributed by atoms with Crippen LogP contribution in [0, 0.1) is 27.7 Å². The fourth-order valence-corrected chi connectivity index (χ4v) is 2.96. The molecule has 1 fully saturated rings. The minimum absolute atomic E-state index is 0.0701. The Hall–Kier alpha value is -3.82. The number of nitrogens with one attached hydrogen (secondary N) is 3. The number of benzene rings is 2. The summed E-state index contributed by atoms with van der Waals surface area (Å²) in [5.41, 5.74) is -0.697. The number of rotatable bonds is 4. The van der Waals surface area contributed by atoms with Gasteiger partial charge in [0, 0.05) is 29.1 Å². The third-order valence-corrected chi connectivity index (χ3v) is 4.19. The maximum absolute atomic E-state index is 14.2. The Morgan fingerprint density at radius 3 is 2.46 bits per heavy atom. The van der Waals surface area contributed by atoms with E-state index in [1.165, 1.54) is 18.2 Å². The quantitative estimate of drug-likeness (QED) is 0.552. The molecule has 3 N–H and O–H groups in total. The van der Waals surface area contributed by atoms with Gasteiger partial charge in [-0.25, -0.2) is 13.6 Å². The summed E-state index contributed by atoms with van der Waals surface area (Å²) >= 11 is 0. The lowest BCUT2D eigenvalue weighted by Crippen LogP contribution is -2.52. The van der Waals surface area contributed by atoms with E-state index in [4.69, 9.17) is 0 Å². The van der Waals surface area contributed by atoms with Crippen molar-refractivity contribution < 1.29 is 23.3 Å². The standard InChI is InChI=1S/C18H14F2N4O4/c1-9-14(17(25)22-10-4-2-5-11(8-10)24(27)28)16(23-18(26)21-9)15-12(19)6-3-7-13(15)20/h2-8,14,16H,1H2,(H,22,25)(H2,21,23,26)/t14-,16-/m0/s1. The Kier molecular flexibility index (Phi) is 5.03. The van der Waals surface area contributed by atoms with Crippen LogP contribution < -0.4 is 16.0 Å². The van der Waals surface area contributed by atoms with Gasteiger partial charge >= 0.3 is 6.03 Å². The average Bonchev–Trinajstić information content (AvgIpc) is 2.61. The number of carbonyl (C=O) groups excluding carboxylic acids is 2. The van der Waals surface area contributed by atoms with Crippen molar-refractivity contribution in [3.8, 4) is 0 Å². The van der Waals surface area contributed by atoms with Crippen LogP contribution in [0.25, 0.3) is 0 Å². The maximum atomic E-state index is 14.2. The second kappa shape index (κ2) is 7.43. The molecule has 0 bridgehead atoms. The number of urea groups is 1. The van der Waals surface area contributed by atoms with Gasteiger partial charge in [-0.05, 0) is 18.2 Å². The van der Waals surface area contributed by atoms with Crippen molar-refractivity contribution in [3.63, 3.8) is 0 Å². The average molecular weight is 388 g/mol. The number of hydrogen-bond acceptors (Lipinski definition) is 4. The molecule has 10 heteroatoms. The first-order valence-corrected chi connectivity index (χ1v) is 8.03. The zero-order valence-electron chi connectivity index (χ0n) is 14.2. The fraction of sp³-hybridized carbons (Fsp3) is 0.111. The van der Waals surface area contributed by atoms with E-state index in [1.807, 2.05) is 0 Å². The van der Waals surface area contributed by atoms with Crippen molar-refractivity contribution in [2.75, 3.05) is 5.32 Å². The largest absolute Gasteiger partial charge is 0.330 e. The van der Waals surface area contributed by atoms with Crippen molar-refractivity contribution in [3.05, 3.63) is 82.1 Å². The molecule has 0 radical (unpaired) electrons. The van der Waals surface area contributed by atoms with Crippen LogP contribution in [0.4, 0.5) is 25.0 Å². The monoisotopic (exact) mass is 388 g/mol. The molecule has 1 aliphatic heterocycles. The summed E-state index contributed by atoms with van der Waals surface area (Å²) in [6.45, 7) is 3.60. The van der Waals surface area contributed by atoms with Crippen molar-refractivity contribution >= 4 is 23.3 Å². The summed E-state index contributed by atoms with van der Waals surface area (Å²) in [5.74, 6) is -3.91. The van der Waals surface area contributed by atoms with Gasteiger partial charge in [-0.3, -0.25) is 14.9 Å². The van der Waals surface area contributed by atoms with Crippen LogP contribution in [0.1, 0.15) is 11.6 Å². The van der Waals surface area contributed by atoms with E-state index in [9.17, 15) is 28.5 Å². The molecule has 144 valence electrons. The van der Waals surface area contributed by atoms with Crippen molar-refractivity contribution in [1.82, 2.24) is 10.6 Å². The lowest BCUT2D eigenvalue weighted by Gasteiger charge is -2.34. The third-order valence-electron chi connectivity index (χ3n) is 4.19. The minimum Gasteiger partial charge on any atom is -0.330 e. The molecule has 0 spiro atoms. The predicted octanol–water partition coefficient (Wildman–Crippen LogP) is 3.00. The van der Waals surface area contributed by atoms with Crippen molar-refractivity contribution in [1.29, 1.82) is 0 Å². The van der Waals surface area contributed by atoms with Crippen LogP contribution in [0.2, 0.25) is 0 Å². The number of carbonyl (C=O) groups is 2. The Bertz CT molecular complexity index is 975. The molecule has 1 aliphatic rings. The molecule has 0 saturated carbocycles. The topological polar surface area (TPSA) is 113 Å². The molecule has 0 aromatic heterocycles. The smallest absolute Gasteiger partial charge is 0.319 e. The molecule has 2 aromatic carbocycles. The summed E-state index contributed by atoms with van der Waals surface area (Å²) in [6, 6.07) is 6.21. The van der Waals surface area contributed by atoms with Gasteiger partial charge in [0.2, 0.25) is 5.91 Å². The molecule has 2 atom stereocenters. The number of non-ortho nitro benzene ring substituents is 1. The highest BCUT2D eigenvalue weighted by Crippen LogP contribution is 2.33. The molecule has 0 aliphatic carbocycles. The molecule has 3 amide bonds. The summed E-state index contributed by atoms with van der Waals surface area (Å²) < 4.78 is 28.5. The molecule has 8 nitrogen and oxygen atoms in total. The molecule has 3 rings (SSSR count). The Morgan fingerprint density at radius 2 is 1.82 bits per heavy atom. The van der Waals surface area contributed by atoms with Crippen LogP contribution in [0.3, 0.4) is 0 Å². The van der Waals surface area contributed by atoms with E-state index in [1.54, 1.807) is 0 Å². The lowest BCUT2D eigenvalue weighted by molar-refractivity contribution is -0.384. The van der Waals surface area contributed by atoms with E-state index in [-0.39, 0.29) is 17.1 Å². The van der Waals surface area contributed by atoms with Gasteiger partial charge in [0.25, 0.3) is 5.69 Å². The molecule has 2 aromatic rings. The van der Waals surface area contributed by atoms with Gasteiger partial charge in [0.05, 0.1) is 11.0 Å². The Balaban J connectivity index is 1.95. The highest BCUT2D eigenvalue weighted by molar-refractivity contribution is 5.97. The number of amides is 3. The zero-order valence-corrected chi connectivity index (χ0v) is 14.2. The number of anilines is 1. The minimum atomic E-state index is -1.36. The fourth-order valence-electron chi connectivity index (χ4n) is 2.96. The van der Waals surface area contributed by atoms with E-state index < -0.39 is 46.0 Å². The lowest BCUT2D eigenvalue weighted by atomic mass is 9.87. The van der Waals surface area contributed by atoms with Gasteiger partial charge in [-0.15, -0.1) is 0 Å². The summed E-state index contributed by atoms with van der Waals surface area (Å²) in [6.07, 6.45) is 0. The number of hydrogen-bond donors (Lipinski definition) is 3. The molecule has 0 unspecified atom stereocenters. The highest BCUT2D eigenvalue weighted by Gasteiger charge is 2.40. The molecular weight excluding hydrogens is 374 g/mol. The van der Waals surface area contributed by atoms with Gasteiger partial charge in [-0.1, -0.05) is 18.7 Å². The number of halogens is 2. The summed E-state index contributed by atoms with van der Waals surface area (Å²) in [4.78, 5) is 34.8. The van der Waals surface area contributed by atoms with E-state index in [0.29, 0.717) is 0 Å². The first-order valence-electron chi connectivity index (χ1n) is 8.03. The van der Waals surface area contributed by atoms with Gasteiger partial charge in [-0.2, -0.15) is 0 Å². The molecule has 1 saturated heterocycles. The number of nitro groups is 1. The maximum Gasteiger partial charge on any atom is 0.319 e. The van der Waals surface area contributed by atoms with Crippen LogP contribution in [-0.2, 0) is 4.79 Å². The van der Waals surface area contributed by atoms with E-state index in [0.717, 1.165) is 24.3 Å². The van der Waals surface area contributed by atoms with Crippen LogP contribution in [0.5, 0.6) is 0 Å². The Morgan fingerprint density at radius 1 is 1.18 bits per heavy atom. The number of nitro benzene ring substituents is 1. The second-order valence-electron chi connectivity index (χ2n) is 6.01.